The van der Waals surface area contributed by atoms with Gasteiger partial charge in [-0.2, -0.15) is 0 Å². The van der Waals surface area contributed by atoms with E-state index in [1.165, 1.54) is 17.7 Å². The number of H-pyrrole nitrogens is 1. The van der Waals surface area contributed by atoms with Crippen LogP contribution in [-0.4, -0.2) is 15.3 Å². The monoisotopic (exact) mass is 292 g/mol. The highest BCUT2D eigenvalue weighted by Gasteiger charge is 2.40. The Morgan fingerprint density at radius 1 is 1.19 bits per heavy atom. The zero-order valence-electron chi connectivity index (χ0n) is 13.4. The zero-order valence-corrected chi connectivity index (χ0v) is 13.4. The highest BCUT2D eigenvalue weighted by molar-refractivity contribution is 5.93. The molecule has 0 atom stereocenters. The van der Waals surface area contributed by atoms with Crippen molar-refractivity contribution in [1.29, 1.82) is 0 Å². The van der Waals surface area contributed by atoms with Crippen molar-refractivity contribution in [2.24, 2.45) is 10.8 Å². The van der Waals surface area contributed by atoms with E-state index < -0.39 is 11.2 Å². The Morgan fingerprint density at radius 2 is 1.71 bits per heavy atom. The van der Waals surface area contributed by atoms with E-state index in [4.69, 9.17) is 0 Å². The number of aromatic nitrogens is 2. The Morgan fingerprint density at radius 3 is 2.19 bits per heavy atom. The predicted octanol–water partition coefficient (Wildman–Crippen LogP) is 2.52. The number of hydrogen-bond donors (Lipinski definition) is 1. The molecule has 1 heterocycles. The normalized spacial score (nSPS) is 21.2. The van der Waals surface area contributed by atoms with Crippen molar-refractivity contribution >= 4 is 5.78 Å². The molecule has 0 spiro atoms. The number of nitrogens with zero attached hydrogens (tertiary/aromatic N) is 1. The number of hydrogen-bond acceptors (Lipinski definition) is 3. The summed E-state index contributed by atoms with van der Waals surface area (Å²) in [5, 5.41) is 0. The van der Waals surface area contributed by atoms with Gasteiger partial charge in [0, 0.05) is 12.2 Å². The SMILES string of the molecule is CC(=O)c1c[nH]c(=O)n(C2CC(C)(C)CC(C)(C)C2)c1=O. The van der Waals surface area contributed by atoms with Crippen LogP contribution in [0.15, 0.2) is 15.8 Å². The summed E-state index contributed by atoms with van der Waals surface area (Å²) in [4.78, 5) is 38.7. The van der Waals surface area contributed by atoms with E-state index in [0.717, 1.165) is 19.3 Å². The Balaban J connectivity index is 2.56. The van der Waals surface area contributed by atoms with Gasteiger partial charge in [0.05, 0.1) is 5.56 Å². The molecule has 21 heavy (non-hydrogen) atoms. The van der Waals surface area contributed by atoms with Crippen molar-refractivity contribution in [2.45, 2.75) is 59.9 Å². The third kappa shape index (κ3) is 3.17. The molecule has 116 valence electrons. The minimum absolute atomic E-state index is 0.0517. The number of nitrogens with one attached hydrogen (secondary N) is 1. The largest absolute Gasteiger partial charge is 0.328 e. The van der Waals surface area contributed by atoms with Crippen LogP contribution in [0.5, 0.6) is 0 Å². The maximum absolute atomic E-state index is 12.5. The van der Waals surface area contributed by atoms with Gasteiger partial charge >= 0.3 is 5.69 Å². The van der Waals surface area contributed by atoms with Crippen molar-refractivity contribution in [3.63, 3.8) is 0 Å². The van der Waals surface area contributed by atoms with E-state index in [1.54, 1.807) is 0 Å². The summed E-state index contributed by atoms with van der Waals surface area (Å²) < 4.78 is 1.25. The van der Waals surface area contributed by atoms with Crippen LogP contribution in [0.2, 0.25) is 0 Å². The lowest BCUT2D eigenvalue weighted by Gasteiger charge is -2.45. The Kier molecular flexibility index (Phi) is 3.72. The summed E-state index contributed by atoms with van der Waals surface area (Å²) in [6, 6.07) is -0.167. The summed E-state index contributed by atoms with van der Waals surface area (Å²) in [5.41, 5.74) is -0.723. The van der Waals surface area contributed by atoms with E-state index in [9.17, 15) is 14.4 Å². The molecule has 1 aromatic rings. The summed E-state index contributed by atoms with van der Waals surface area (Å²) in [7, 11) is 0. The van der Waals surface area contributed by atoms with Crippen LogP contribution >= 0.6 is 0 Å². The highest BCUT2D eigenvalue weighted by Crippen LogP contribution is 2.49. The molecule has 0 unspecified atom stereocenters. The molecule has 1 aliphatic carbocycles. The fraction of sp³-hybridized carbons (Fsp3) is 0.688. The second kappa shape index (κ2) is 4.97. The Labute approximate surface area is 124 Å². The maximum Gasteiger partial charge on any atom is 0.328 e. The van der Waals surface area contributed by atoms with Gasteiger partial charge in [0.25, 0.3) is 5.56 Å². The molecule has 5 heteroatoms. The first-order chi connectivity index (χ1) is 9.52. The molecule has 0 aliphatic heterocycles. The molecular weight excluding hydrogens is 268 g/mol. The summed E-state index contributed by atoms with van der Waals surface area (Å²) >= 11 is 0. The second-order valence-corrected chi connectivity index (χ2v) is 7.81. The summed E-state index contributed by atoms with van der Waals surface area (Å²) in [6.45, 7) is 9.99. The number of Topliss-reactive ketones (excluding diaryl/α,β-unsaturated/α-hetero) is 1. The van der Waals surface area contributed by atoms with Crippen LogP contribution in [0.25, 0.3) is 0 Å². The predicted molar refractivity (Wildman–Crippen MR) is 81.8 cm³/mol. The van der Waals surface area contributed by atoms with E-state index in [0.29, 0.717) is 0 Å². The van der Waals surface area contributed by atoms with Crippen LogP contribution in [0, 0.1) is 10.8 Å². The average molecular weight is 292 g/mol. The molecule has 0 saturated heterocycles. The average Bonchev–Trinajstić information content (AvgIpc) is 2.23. The quantitative estimate of drug-likeness (QED) is 0.851. The van der Waals surface area contributed by atoms with Crippen molar-refractivity contribution in [3.05, 3.63) is 32.6 Å². The number of rotatable bonds is 2. The van der Waals surface area contributed by atoms with Crippen LogP contribution in [0.4, 0.5) is 0 Å². The van der Waals surface area contributed by atoms with Gasteiger partial charge in [-0.25, -0.2) is 4.79 Å². The van der Waals surface area contributed by atoms with Gasteiger partial charge in [-0.3, -0.25) is 14.2 Å². The fourth-order valence-electron chi connectivity index (χ4n) is 4.04. The van der Waals surface area contributed by atoms with Crippen LogP contribution < -0.4 is 11.2 Å². The van der Waals surface area contributed by atoms with Gasteiger partial charge in [-0.1, -0.05) is 27.7 Å². The molecule has 0 aromatic carbocycles. The van der Waals surface area contributed by atoms with E-state index in [2.05, 4.69) is 32.7 Å². The number of ketones is 1. The minimum Gasteiger partial charge on any atom is -0.313 e. The van der Waals surface area contributed by atoms with Crippen LogP contribution in [0.3, 0.4) is 0 Å². The van der Waals surface area contributed by atoms with Crippen molar-refractivity contribution in [1.82, 2.24) is 9.55 Å². The van der Waals surface area contributed by atoms with E-state index in [-0.39, 0.29) is 28.2 Å². The van der Waals surface area contributed by atoms with Crippen LogP contribution in [0.1, 0.15) is 70.3 Å². The van der Waals surface area contributed by atoms with E-state index >= 15 is 0 Å². The van der Waals surface area contributed by atoms with Gasteiger partial charge in [0.15, 0.2) is 5.78 Å². The number of carbonyl (C=O) groups excluding carboxylic acids is 1. The second-order valence-electron chi connectivity index (χ2n) is 7.81. The third-order valence-corrected chi connectivity index (χ3v) is 4.29. The zero-order chi connectivity index (χ0) is 16.0. The fourth-order valence-corrected chi connectivity index (χ4v) is 4.04. The third-order valence-electron chi connectivity index (χ3n) is 4.29. The molecule has 1 fully saturated rings. The highest BCUT2D eigenvalue weighted by atomic mass is 16.2. The topological polar surface area (TPSA) is 71.9 Å². The number of carbonyl (C=O) groups is 1. The molecule has 1 N–H and O–H groups in total. The summed E-state index contributed by atoms with van der Waals surface area (Å²) in [6.07, 6.45) is 3.81. The number of aromatic amines is 1. The molecule has 0 radical (unpaired) electrons. The first-order valence-corrected chi connectivity index (χ1v) is 7.38. The molecule has 1 aromatic heterocycles. The minimum atomic E-state index is -0.468. The van der Waals surface area contributed by atoms with Gasteiger partial charge < -0.3 is 4.98 Å². The van der Waals surface area contributed by atoms with E-state index in [1.807, 2.05) is 0 Å². The first kappa shape index (κ1) is 15.7. The van der Waals surface area contributed by atoms with Gasteiger partial charge in [0.2, 0.25) is 0 Å². The molecule has 5 nitrogen and oxygen atoms in total. The lowest BCUT2D eigenvalue weighted by atomic mass is 9.63. The molecule has 0 bridgehead atoms. The summed E-state index contributed by atoms with van der Waals surface area (Å²) in [5.74, 6) is -0.320. The molecule has 0 amide bonds. The molecular formula is C16H24N2O3. The lowest BCUT2D eigenvalue weighted by molar-refractivity contribution is 0.0689. The van der Waals surface area contributed by atoms with Crippen molar-refractivity contribution in [2.75, 3.05) is 0 Å². The smallest absolute Gasteiger partial charge is 0.313 e. The molecule has 2 rings (SSSR count). The molecule has 1 aliphatic rings. The maximum atomic E-state index is 12.5. The van der Waals surface area contributed by atoms with Gasteiger partial charge in [0.1, 0.15) is 0 Å². The Hall–Kier alpha value is -1.65. The molecule has 1 saturated carbocycles. The lowest BCUT2D eigenvalue weighted by Crippen LogP contribution is -2.45. The van der Waals surface area contributed by atoms with Gasteiger partial charge in [-0.15, -0.1) is 0 Å². The standard InChI is InChI=1S/C16H24N2O3/c1-10(19)12-8-17-14(21)18(13(12)20)11-6-15(2,3)9-16(4,5)7-11/h8,11H,6-7,9H2,1-5H3,(H,17,21). The first-order valence-electron chi connectivity index (χ1n) is 7.38. The van der Waals surface area contributed by atoms with Crippen molar-refractivity contribution in [3.8, 4) is 0 Å². The Bertz CT molecular complexity index is 663. The van der Waals surface area contributed by atoms with Gasteiger partial charge in [-0.05, 0) is 37.0 Å². The van der Waals surface area contributed by atoms with Crippen LogP contribution in [-0.2, 0) is 0 Å². The van der Waals surface area contributed by atoms with Crippen molar-refractivity contribution < 1.29 is 4.79 Å².